The molecule has 0 saturated heterocycles. The molecule has 0 aliphatic heterocycles. The fraction of sp³-hybridized carbons (Fsp3) is 0.556. The lowest BCUT2D eigenvalue weighted by Crippen LogP contribution is -2.30. The first kappa shape index (κ1) is 12.9. The predicted molar refractivity (Wildman–Crippen MR) is 59.6 cm³/mol. The summed E-state index contributed by atoms with van der Waals surface area (Å²) in [4.78, 5) is 8.04. The zero-order valence-corrected chi connectivity index (χ0v) is 10.2. The Morgan fingerprint density at radius 3 is 2.31 bits per heavy atom. The molecule has 0 saturated carbocycles. The molecule has 0 fully saturated rings. The number of rotatable bonds is 4. The van der Waals surface area contributed by atoms with E-state index in [0.717, 1.165) is 0 Å². The summed E-state index contributed by atoms with van der Waals surface area (Å²) in [6.07, 6.45) is 2.94. The largest absolute Gasteiger partial charge is 0.480 e. The van der Waals surface area contributed by atoms with Crippen LogP contribution in [0.4, 0.5) is 0 Å². The second kappa shape index (κ2) is 4.75. The van der Waals surface area contributed by atoms with Gasteiger partial charge in [0.05, 0.1) is 30.4 Å². The van der Waals surface area contributed by atoms with Crippen LogP contribution in [-0.2, 0) is 10.0 Å². The van der Waals surface area contributed by atoms with Gasteiger partial charge in [0.15, 0.2) is 0 Å². The maximum atomic E-state index is 11.2. The second-order valence-electron chi connectivity index (χ2n) is 3.57. The Morgan fingerprint density at radius 1 is 1.31 bits per heavy atom. The number of ether oxygens (including phenoxy) is 1. The van der Waals surface area contributed by atoms with Gasteiger partial charge in [0.25, 0.3) is 0 Å². The smallest absolute Gasteiger partial charge is 0.231 e. The lowest BCUT2D eigenvalue weighted by Gasteiger charge is -2.16. The van der Waals surface area contributed by atoms with Crippen LogP contribution in [0.25, 0.3) is 0 Å². The van der Waals surface area contributed by atoms with E-state index in [0.29, 0.717) is 11.6 Å². The van der Waals surface area contributed by atoms with Crippen LogP contribution in [0.3, 0.4) is 0 Å². The molecule has 0 bridgehead atoms. The summed E-state index contributed by atoms with van der Waals surface area (Å²) in [6.45, 7) is 3.29. The average Bonchev–Trinajstić information content (AvgIpc) is 2.26. The summed E-state index contributed by atoms with van der Waals surface area (Å²) < 4.78 is 27.2. The highest BCUT2D eigenvalue weighted by molar-refractivity contribution is 7.89. The molecule has 16 heavy (non-hydrogen) atoms. The molecule has 1 heterocycles. The van der Waals surface area contributed by atoms with E-state index in [9.17, 15) is 8.42 Å². The van der Waals surface area contributed by atoms with Gasteiger partial charge >= 0.3 is 0 Å². The van der Waals surface area contributed by atoms with Crippen molar-refractivity contribution in [2.45, 2.75) is 25.0 Å². The Morgan fingerprint density at radius 2 is 1.94 bits per heavy atom. The van der Waals surface area contributed by atoms with Crippen molar-refractivity contribution in [2.24, 2.45) is 5.14 Å². The minimum absolute atomic E-state index is 0.312. The number of hydrogen-bond acceptors (Lipinski definition) is 5. The first-order valence-corrected chi connectivity index (χ1v) is 6.34. The summed E-state index contributed by atoms with van der Waals surface area (Å²) >= 11 is 0. The fourth-order valence-corrected chi connectivity index (χ4v) is 1.90. The lowest BCUT2D eigenvalue weighted by atomic mass is 10.1. The van der Waals surface area contributed by atoms with Crippen molar-refractivity contribution in [3.63, 3.8) is 0 Å². The maximum Gasteiger partial charge on any atom is 0.231 e. The van der Waals surface area contributed by atoms with Gasteiger partial charge < -0.3 is 4.74 Å². The lowest BCUT2D eigenvalue weighted by molar-refractivity contribution is 0.394. The quantitative estimate of drug-likeness (QED) is 0.821. The molecule has 0 spiro atoms. The molecule has 0 radical (unpaired) electrons. The highest BCUT2D eigenvalue weighted by atomic mass is 32.2. The van der Waals surface area contributed by atoms with E-state index in [2.05, 4.69) is 9.97 Å². The number of aromatic nitrogens is 2. The summed E-state index contributed by atoms with van der Waals surface area (Å²) in [5.74, 6) is 0.0765. The molecule has 0 aliphatic carbocycles. The molecular weight excluding hydrogens is 230 g/mol. The van der Waals surface area contributed by atoms with Crippen LogP contribution in [0.1, 0.15) is 25.5 Å². The van der Waals surface area contributed by atoms with Crippen molar-refractivity contribution in [2.75, 3.05) is 7.11 Å². The number of primary sulfonamides is 1. The number of sulfonamides is 1. The van der Waals surface area contributed by atoms with E-state index in [-0.39, 0.29) is 5.92 Å². The highest BCUT2D eigenvalue weighted by Crippen LogP contribution is 2.21. The van der Waals surface area contributed by atoms with Crippen LogP contribution in [0.15, 0.2) is 12.4 Å². The number of nitrogens with zero attached hydrogens (tertiary/aromatic N) is 2. The number of nitrogens with two attached hydrogens (primary N) is 1. The highest BCUT2D eigenvalue weighted by Gasteiger charge is 2.25. The molecule has 0 amide bonds. The molecule has 90 valence electrons. The van der Waals surface area contributed by atoms with E-state index in [1.54, 1.807) is 13.8 Å². The van der Waals surface area contributed by atoms with Crippen LogP contribution in [0, 0.1) is 0 Å². The molecule has 0 aliphatic rings. The monoisotopic (exact) mass is 245 g/mol. The SMILES string of the molecule is COc1cnc(C(C)[C@H](C)S(N)(=O)=O)cn1. The Labute approximate surface area is 94.9 Å². The van der Waals surface area contributed by atoms with Crippen LogP contribution in [0.5, 0.6) is 5.88 Å². The molecular formula is C9H15N3O3S. The standard InChI is InChI=1S/C9H15N3O3S/c1-6(7(2)16(10,13)14)8-4-12-9(15-3)5-11-8/h4-7H,1-3H3,(H2,10,13,14)/t6?,7-/m0/s1. The molecule has 1 aromatic rings. The van der Waals surface area contributed by atoms with Gasteiger partial charge in [-0.25, -0.2) is 18.5 Å². The molecule has 6 nitrogen and oxygen atoms in total. The Balaban J connectivity index is 2.92. The normalized spacial score (nSPS) is 15.5. The van der Waals surface area contributed by atoms with Crippen LogP contribution in [0.2, 0.25) is 0 Å². The summed E-state index contributed by atoms with van der Waals surface area (Å²) in [6, 6.07) is 0. The van der Waals surface area contributed by atoms with Crippen LogP contribution in [-0.4, -0.2) is 30.7 Å². The van der Waals surface area contributed by atoms with Crippen molar-refractivity contribution >= 4 is 10.0 Å². The van der Waals surface area contributed by atoms with Crippen LogP contribution >= 0.6 is 0 Å². The van der Waals surface area contributed by atoms with E-state index < -0.39 is 15.3 Å². The number of hydrogen-bond donors (Lipinski definition) is 1. The first-order chi connectivity index (χ1) is 7.36. The molecule has 7 heteroatoms. The fourth-order valence-electron chi connectivity index (χ4n) is 1.19. The third-order valence-corrected chi connectivity index (χ3v) is 3.99. The molecule has 2 atom stereocenters. The predicted octanol–water partition coefficient (Wildman–Crippen LogP) is 0.266. The van der Waals surface area contributed by atoms with Crippen molar-refractivity contribution in [3.8, 4) is 5.88 Å². The van der Waals surface area contributed by atoms with Gasteiger partial charge in [0, 0.05) is 5.92 Å². The minimum atomic E-state index is -3.56. The average molecular weight is 245 g/mol. The third kappa shape index (κ3) is 2.89. The molecule has 1 unspecified atom stereocenters. The zero-order chi connectivity index (χ0) is 12.3. The Hall–Kier alpha value is -1.21. The van der Waals surface area contributed by atoms with E-state index in [4.69, 9.17) is 9.88 Å². The molecule has 1 aromatic heterocycles. The topological polar surface area (TPSA) is 95.2 Å². The Kier molecular flexibility index (Phi) is 3.82. The van der Waals surface area contributed by atoms with E-state index >= 15 is 0 Å². The van der Waals surface area contributed by atoms with Crippen molar-refractivity contribution in [3.05, 3.63) is 18.1 Å². The van der Waals surface area contributed by atoms with E-state index in [1.807, 2.05) is 0 Å². The molecule has 2 N–H and O–H groups in total. The van der Waals surface area contributed by atoms with Gasteiger partial charge in [-0.15, -0.1) is 0 Å². The Bertz CT molecular complexity index is 444. The maximum absolute atomic E-state index is 11.2. The van der Waals surface area contributed by atoms with Crippen molar-refractivity contribution < 1.29 is 13.2 Å². The van der Waals surface area contributed by atoms with Crippen LogP contribution < -0.4 is 9.88 Å². The van der Waals surface area contributed by atoms with Gasteiger partial charge in [-0.1, -0.05) is 6.92 Å². The molecule has 0 aromatic carbocycles. The summed E-state index contributed by atoms with van der Waals surface area (Å²) in [5.41, 5.74) is 0.572. The van der Waals surface area contributed by atoms with Gasteiger partial charge in [-0.3, -0.25) is 4.98 Å². The van der Waals surface area contributed by atoms with Gasteiger partial charge in [-0.05, 0) is 6.92 Å². The van der Waals surface area contributed by atoms with Gasteiger partial charge in [0.1, 0.15) is 0 Å². The summed E-state index contributed by atoms with van der Waals surface area (Å²) in [5, 5.41) is 4.37. The van der Waals surface area contributed by atoms with Gasteiger partial charge in [-0.2, -0.15) is 0 Å². The second-order valence-corrected chi connectivity index (χ2v) is 5.49. The van der Waals surface area contributed by atoms with E-state index in [1.165, 1.54) is 19.5 Å². The first-order valence-electron chi connectivity index (χ1n) is 4.73. The van der Waals surface area contributed by atoms with Crippen molar-refractivity contribution in [1.29, 1.82) is 0 Å². The molecule has 1 rings (SSSR count). The zero-order valence-electron chi connectivity index (χ0n) is 9.41. The minimum Gasteiger partial charge on any atom is -0.480 e. The third-order valence-electron chi connectivity index (χ3n) is 2.55. The number of methoxy groups -OCH3 is 1. The summed E-state index contributed by atoms with van der Waals surface area (Å²) in [7, 11) is -2.08. The van der Waals surface area contributed by atoms with Crippen molar-refractivity contribution in [1.82, 2.24) is 9.97 Å². The van der Waals surface area contributed by atoms with Gasteiger partial charge in [0.2, 0.25) is 15.9 Å².